The number of rotatable bonds is 6. The molecule has 0 spiro atoms. The van der Waals surface area contributed by atoms with E-state index in [0.717, 1.165) is 10.5 Å². The highest BCUT2D eigenvalue weighted by Gasteiger charge is 2.24. The van der Waals surface area contributed by atoms with E-state index in [1.54, 1.807) is 30.3 Å². The van der Waals surface area contributed by atoms with E-state index in [1.165, 1.54) is 24.3 Å². The van der Waals surface area contributed by atoms with Crippen LogP contribution in [0.2, 0.25) is 0 Å². The lowest BCUT2D eigenvalue weighted by molar-refractivity contribution is -0.384. The molecule has 0 saturated heterocycles. The molecular weight excluding hydrogens is 372 g/mol. The predicted molar refractivity (Wildman–Crippen MR) is 106 cm³/mol. The molecule has 7 nitrogen and oxygen atoms in total. The molecule has 0 bridgehead atoms. The Morgan fingerprint density at radius 3 is 2.00 bits per heavy atom. The summed E-state index contributed by atoms with van der Waals surface area (Å²) in [5.41, 5.74) is 1.68. The maximum atomic E-state index is 12.9. The highest BCUT2D eigenvalue weighted by molar-refractivity contribution is 6.02. The third-order valence-electron chi connectivity index (χ3n) is 4.18. The molecule has 0 aromatic heterocycles. The summed E-state index contributed by atoms with van der Waals surface area (Å²) < 4.78 is 5.30. The molecule has 0 unspecified atom stereocenters. The van der Waals surface area contributed by atoms with Gasteiger partial charge in [-0.05, 0) is 35.4 Å². The Bertz CT molecular complexity index is 989. The number of benzene rings is 3. The summed E-state index contributed by atoms with van der Waals surface area (Å²) in [7, 11) is 0. The van der Waals surface area contributed by atoms with Gasteiger partial charge in [-0.3, -0.25) is 14.9 Å². The van der Waals surface area contributed by atoms with Crippen molar-refractivity contribution < 1.29 is 19.2 Å². The van der Waals surface area contributed by atoms with Gasteiger partial charge in [-0.1, -0.05) is 48.5 Å². The zero-order chi connectivity index (χ0) is 20.6. The minimum absolute atomic E-state index is 0.0509. The molecule has 0 saturated carbocycles. The van der Waals surface area contributed by atoms with E-state index in [1.807, 2.05) is 30.3 Å². The van der Waals surface area contributed by atoms with Gasteiger partial charge in [-0.2, -0.15) is 0 Å². The van der Waals surface area contributed by atoms with E-state index in [2.05, 4.69) is 0 Å². The van der Waals surface area contributed by atoms with Gasteiger partial charge in [0, 0.05) is 17.7 Å². The zero-order valence-corrected chi connectivity index (χ0v) is 15.4. The zero-order valence-electron chi connectivity index (χ0n) is 15.4. The molecule has 0 heterocycles. The number of nitro benzene ring substituents is 1. The van der Waals surface area contributed by atoms with Crippen LogP contribution >= 0.6 is 0 Å². The standard InChI is InChI=1S/C22H18N2O5/c25-21(19-9-5-2-6-10-19)23(15-17-7-3-1-4-8-17)22(26)29-16-18-11-13-20(14-12-18)24(27)28/h1-14H,15-16H2. The number of carbonyl (C=O) groups is 2. The third kappa shape index (κ3) is 5.26. The van der Waals surface area contributed by atoms with Crippen molar-refractivity contribution in [1.82, 2.24) is 4.90 Å². The number of imide groups is 1. The maximum absolute atomic E-state index is 12.9. The van der Waals surface area contributed by atoms with E-state index in [4.69, 9.17) is 4.74 Å². The van der Waals surface area contributed by atoms with Gasteiger partial charge in [0.1, 0.15) is 6.61 Å². The van der Waals surface area contributed by atoms with Crippen LogP contribution in [0, 0.1) is 10.1 Å². The lowest BCUT2D eigenvalue weighted by Gasteiger charge is -2.20. The Morgan fingerprint density at radius 2 is 1.41 bits per heavy atom. The Hall–Kier alpha value is -4.00. The SMILES string of the molecule is O=C(OCc1ccc([N+](=O)[O-])cc1)N(Cc1ccccc1)C(=O)c1ccccc1. The second-order valence-corrected chi connectivity index (χ2v) is 6.22. The summed E-state index contributed by atoms with van der Waals surface area (Å²) in [6.45, 7) is -0.0438. The number of non-ortho nitro benzene ring substituents is 1. The fourth-order valence-corrected chi connectivity index (χ4v) is 2.66. The van der Waals surface area contributed by atoms with Crippen molar-refractivity contribution in [3.63, 3.8) is 0 Å². The predicted octanol–water partition coefficient (Wildman–Crippen LogP) is 4.57. The summed E-state index contributed by atoms with van der Waals surface area (Å²) in [5, 5.41) is 10.7. The van der Waals surface area contributed by atoms with Crippen LogP contribution in [0.25, 0.3) is 0 Å². The van der Waals surface area contributed by atoms with Crippen LogP contribution in [-0.2, 0) is 17.9 Å². The van der Waals surface area contributed by atoms with Crippen molar-refractivity contribution >= 4 is 17.7 Å². The molecule has 0 aliphatic heterocycles. The fraction of sp³-hybridized carbons (Fsp3) is 0.0909. The molecule has 0 aliphatic carbocycles. The number of hydrogen-bond acceptors (Lipinski definition) is 5. The topological polar surface area (TPSA) is 89.8 Å². The molecule has 7 heteroatoms. The second kappa shape index (κ2) is 9.27. The number of nitrogens with zero attached hydrogens (tertiary/aromatic N) is 2. The quantitative estimate of drug-likeness (QED) is 0.454. The summed E-state index contributed by atoms with van der Waals surface area (Å²) in [6, 6.07) is 23.3. The summed E-state index contributed by atoms with van der Waals surface area (Å²) >= 11 is 0. The van der Waals surface area contributed by atoms with E-state index in [9.17, 15) is 19.7 Å². The van der Waals surface area contributed by atoms with Crippen molar-refractivity contribution in [2.75, 3.05) is 0 Å². The molecule has 0 radical (unpaired) electrons. The van der Waals surface area contributed by atoms with Crippen LogP contribution in [0.1, 0.15) is 21.5 Å². The normalized spacial score (nSPS) is 10.2. The molecule has 29 heavy (non-hydrogen) atoms. The van der Waals surface area contributed by atoms with Crippen LogP contribution in [0.4, 0.5) is 10.5 Å². The molecular formula is C22H18N2O5. The smallest absolute Gasteiger partial charge is 0.417 e. The van der Waals surface area contributed by atoms with E-state index in [0.29, 0.717) is 11.1 Å². The Balaban J connectivity index is 1.74. The second-order valence-electron chi connectivity index (χ2n) is 6.22. The molecule has 0 atom stereocenters. The monoisotopic (exact) mass is 390 g/mol. The van der Waals surface area contributed by atoms with Gasteiger partial charge in [0.05, 0.1) is 11.5 Å². The van der Waals surface area contributed by atoms with E-state index < -0.39 is 16.9 Å². The number of amides is 2. The maximum Gasteiger partial charge on any atom is 0.417 e. The summed E-state index contributed by atoms with van der Waals surface area (Å²) in [5.74, 6) is -0.469. The first-order valence-electron chi connectivity index (χ1n) is 8.85. The van der Waals surface area contributed by atoms with Crippen LogP contribution in [0.5, 0.6) is 0 Å². The molecule has 0 aliphatic rings. The van der Waals surface area contributed by atoms with Crippen molar-refractivity contribution in [1.29, 1.82) is 0 Å². The van der Waals surface area contributed by atoms with Gasteiger partial charge in [0.15, 0.2) is 0 Å². The Kier molecular flexibility index (Phi) is 6.32. The molecule has 3 aromatic rings. The van der Waals surface area contributed by atoms with Crippen LogP contribution < -0.4 is 0 Å². The largest absolute Gasteiger partial charge is 0.444 e. The van der Waals surface area contributed by atoms with Crippen LogP contribution in [-0.4, -0.2) is 21.8 Å². The lowest BCUT2D eigenvalue weighted by atomic mass is 10.1. The molecule has 0 fully saturated rings. The molecule has 3 aromatic carbocycles. The number of nitro groups is 1. The number of hydrogen-bond donors (Lipinski definition) is 0. The van der Waals surface area contributed by atoms with E-state index >= 15 is 0 Å². The average Bonchev–Trinajstić information content (AvgIpc) is 2.77. The van der Waals surface area contributed by atoms with Crippen molar-refractivity contribution in [3.8, 4) is 0 Å². The first kappa shape index (κ1) is 19.8. The number of ether oxygens (including phenoxy) is 1. The van der Waals surface area contributed by atoms with Crippen molar-refractivity contribution in [3.05, 3.63) is 112 Å². The minimum Gasteiger partial charge on any atom is -0.444 e. The van der Waals surface area contributed by atoms with E-state index in [-0.39, 0.29) is 18.8 Å². The molecule has 146 valence electrons. The third-order valence-corrected chi connectivity index (χ3v) is 4.18. The van der Waals surface area contributed by atoms with Gasteiger partial charge >= 0.3 is 6.09 Å². The summed E-state index contributed by atoms with van der Waals surface area (Å²) in [6.07, 6.45) is -0.791. The van der Waals surface area contributed by atoms with Crippen molar-refractivity contribution in [2.45, 2.75) is 13.2 Å². The van der Waals surface area contributed by atoms with Gasteiger partial charge in [-0.15, -0.1) is 0 Å². The van der Waals surface area contributed by atoms with Crippen LogP contribution in [0.3, 0.4) is 0 Å². The first-order chi connectivity index (χ1) is 14.0. The minimum atomic E-state index is -0.791. The Morgan fingerprint density at radius 1 is 0.828 bits per heavy atom. The van der Waals surface area contributed by atoms with Gasteiger partial charge in [-0.25, -0.2) is 9.69 Å². The van der Waals surface area contributed by atoms with Crippen molar-refractivity contribution in [2.24, 2.45) is 0 Å². The number of carbonyl (C=O) groups excluding carboxylic acids is 2. The van der Waals surface area contributed by atoms with Gasteiger partial charge in [0.2, 0.25) is 0 Å². The lowest BCUT2D eigenvalue weighted by Crippen LogP contribution is -2.36. The van der Waals surface area contributed by atoms with Gasteiger partial charge < -0.3 is 4.74 Å². The highest BCUT2D eigenvalue weighted by Crippen LogP contribution is 2.15. The highest BCUT2D eigenvalue weighted by atomic mass is 16.6. The average molecular weight is 390 g/mol. The summed E-state index contributed by atoms with van der Waals surface area (Å²) in [4.78, 5) is 36.8. The molecule has 3 rings (SSSR count). The Labute approximate surface area is 167 Å². The first-order valence-corrected chi connectivity index (χ1v) is 8.85. The molecule has 0 N–H and O–H groups in total. The van der Waals surface area contributed by atoms with Crippen LogP contribution in [0.15, 0.2) is 84.9 Å². The fourth-order valence-electron chi connectivity index (χ4n) is 2.66. The van der Waals surface area contributed by atoms with Gasteiger partial charge in [0.25, 0.3) is 11.6 Å². The molecule has 2 amide bonds.